The lowest BCUT2D eigenvalue weighted by Gasteiger charge is -2.01. The molecule has 16 heavy (non-hydrogen) atoms. The van der Waals surface area contributed by atoms with E-state index in [1.54, 1.807) is 12.1 Å². The third-order valence-electron chi connectivity index (χ3n) is 2.07. The maximum atomic E-state index is 6.05. The molecule has 1 aromatic heterocycles. The number of alkyl halides is 1. The fourth-order valence-electron chi connectivity index (χ4n) is 1.32. The number of hydrogen-bond acceptors (Lipinski definition) is 2. The van der Waals surface area contributed by atoms with Crippen molar-refractivity contribution in [2.45, 2.75) is 12.3 Å². The summed E-state index contributed by atoms with van der Waals surface area (Å²) >= 11 is 17.5. The van der Waals surface area contributed by atoms with Gasteiger partial charge in [0.05, 0.1) is 5.88 Å². The van der Waals surface area contributed by atoms with Gasteiger partial charge in [0.15, 0.2) is 5.82 Å². The maximum absolute atomic E-state index is 6.05. The number of hydrogen-bond donors (Lipinski definition) is 1. The number of benzene rings is 1. The Morgan fingerprint density at radius 1 is 1.25 bits per heavy atom. The Bertz CT molecular complexity index is 496. The molecule has 0 aliphatic heterocycles. The molecular weight excluding hydrogens is 268 g/mol. The van der Waals surface area contributed by atoms with E-state index in [9.17, 15) is 0 Å². The van der Waals surface area contributed by atoms with Gasteiger partial charge in [0.2, 0.25) is 0 Å². The van der Waals surface area contributed by atoms with Crippen molar-refractivity contribution in [1.29, 1.82) is 0 Å². The van der Waals surface area contributed by atoms with Crippen LogP contribution in [0, 0.1) is 0 Å². The van der Waals surface area contributed by atoms with Gasteiger partial charge in [0, 0.05) is 16.5 Å². The third kappa shape index (κ3) is 2.67. The van der Waals surface area contributed by atoms with Gasteiger partial charge in [-0.1, -0.05) is 29.3 Å². The Labute approximate surface area is 108 Å². The summed E-state index contributed by atoms with van der Waals surface area (Å²) in [5.74, 6) is 1.62. The van der Waals surface area contributed by atoms with Crippen LogP contribution in [0.3, 0.4) is 0 Å². The first kappa shape index (κ1) is 11.7. The van der Waals surface area contributed by atoms with Gasteiger partial charge < -0.3 is 0 Å². The van der Waals surface area contributed by atoms with E-state index in [2.05, 4.69) is 15.2 Å². The number of aromatic amines is 1. The molecule has 2 aromatic rings. The van der Waals surface area contributed by atoms with Crippen LogP contribution in [0.1, 0.15) is 17.2 Å². The highest BCUT2D eigenvalue weighted by molar-refractivity contribution is 6.35. The first-order valence-electron chi connectivity index (χ1n) is 4.59. The predicted octanol–water partition coefficient (Wildman–Crippen LogP) is 3.44. The fourth-order valence-corrected chi connectivity index (χ4v) is 1.91. The molecule has 0 aliphatic carbocycles. The van der Waals surface area contributed by atoms with Crippen LogP contribution < -0.4 is 0 Å². The minimum absolute atomic E-state index is 0.296. The molecule has 0 bridgehead atoms. The summed E-state index contributed by atoms with van der Waals surface area (Å²) in [5, 5.41) is 7.99. The molecule has 6 heteroatoms. The minimum Gasteiger partial charge on any atom is -0.263 e. The highest BCUT2D eigenvalue weighted by atomic mass is 35.5. The Hall–Kier alpha value is -0.770. The Balaban J connectivity index is 2.20. The largest absolute Gasteiger partial charge is 0.263 e. The molecule has 0 unspecified atom stereocenters. The molecule has 0 spiro atoms. The van der Waals surface area contributed by atoms with E-state index >= 15 is 0 Å². The van der Waals surface area contributed by atoms with E-state index in [1.807, 2.05) is 6.07 Å². The van der Waals surface area contributed by atoms with Crippen molar-refractivity contribution in [3.8, 4) is 0 Å². The molecule has 3 nitrogen and oxygen atoms in total. The lowest BCUT2D eigenvalue weighted by Crippen LogP contribution is -1.92. The van der Waals surface area contributed by atoms with Crippen LogP contribution in [0.5, 0.6) is 0 Å². The van der Waals surface area contributed by atoms with Crippen LogP contribution >= 0.6 is 34.8 Å². The Kier molecular flexibility index (Phi) is 3.69. The SMILES string of the molecule is ClCc1n[nH]c(Cc2ccc(Cl)cc2Cl)n1. The number of aromatic nitrogens is 3. The van der Waals surface area contributed by atoms with Crippen LogP contribution in [0.25, 0.3) is 0 Å². The summed E-state index contributed by atoms with van der Waals surface area (Å²) in [6.45, 7) is 0. The summed E-state index contributed by atoms with van der Waals surface area (Å²) in [5.41, 5.74) is 0.948. The van der Waals surface area contributed by atoms with Crippen molar-refractivity contribution in [3.05, 3.63) is 45.5 Å². The lowest BCUT2D eigenvalue weighted by atomic mass is 10.1. The van der Waals surface area contributed by atoms with Crippen molar-refractivity contribution in [2.75, 3.05) is 0 Å². The zero-order chi connectivity index (χ0) is 11.5. The van der Waals surface area contributed by atoms with Crippen molar-refractivity contribution >= 4 is 34.8 Å². The number of halogens is 3. The van der Waals surface area contributed by atoms with E-state index in [1.165, 1.54) is 0 Å². The molecule has 0 aliphatic rings. The number of nitrogens with one attached hydrogen (secondary N) is 1. The number of rotatable bonds is 3. The highest BCUT2D eigenvalue weighted by Crippen LogP contribution is 2.22. The molecule has 2 rings (SSSR count). The molecule has 0 fully saturated rings. The fraction of sp³-hybridized carbons (Fsp3) is 0.200. The molecule has 0 radical (unpaired) electrons. The zero-order valence-corrected chi connectivity index (χ0v) is 10.4. The lowest BCUT2D eigenvalue weighted by molar-refractivity contribution is 0.968. The van der Waals surface area contributed by atoms with Gasteiger partial charge in [-0.25, -0.2) is 4.98 Å². The summed E-state index contributed by atoms with van der Waals surface area (Å²) in [4.78, 5) is 4.20. The maximum Gasteiger partial charge on any atom is 0.165 e. The van der Waals surface area contributed by atoms with E-state index in [0.717, 1.165) is 11.4 Å². The van der Waals surface area contributed by atoms with Crippen LogP contribution in [0.2, 0.25) is 10.0 Å². The van der Waals surface area contributed by atoms with Gasteiger partial charge in [-0.2, -0.15) is 5.10 Å². The number of nitrogens with zero attached hydrogens (tertiary/aromatic N) is 2. The van der Waals surface area contributed by atoms with Gasteiger partial charge in [0.1, 0.15) is 5.82 Å². The van der Waals surface area contributed by atoms with Crippen LogP contribution in [0.4, 0.5) is 0 Å². The van der Waals surface area contributed by atoms with Crippen LogP contribution in [0.15, 0.2) is 18.2 Å². The first-order chi connectivity index (χ1) is 7.69. The average molecular weight is 277 g/mol. The van der Waals surface area contributed by atoms with E-state index < -0.39 is 0 Å². The summed E-state index contributed by atoms with van der Waals surface area (Å²) < 4.78 is 0. The smallest absolute Gasteiger partial charge is 0.165 e. The zero-order valence-electron chi connectivity index (χ0n) is 8.17. The second-order valence-electron chi connectivity index (χ2n) is 3.24. The second kappa shape index (κ2) is 5.04. The summed E-state index contributed by atoms with van der Waals surface area (Å²) in [6.07, 6.45) is 0.583. The topological polar surface area (TPSA) is 41.6 Å². The Morgan fingerprint density at radius 2 is 2.06 bits per heavy atom. The van der Waals surface area contributed by atoms with Gasteiger partial charge >= 0.3 is 0 Å². The summed E-state index contributed by atoms with van der Waals surface area (Å²) in [6, 6.07) is 5.37. The monoisotopic (exact) mass is 275 g/mol. The van der Waals surface area contributed by atoms with Crippen molar-refractivity contribution in [3.63, 3.8) is 0 Å². The molecular formula is C10H8Cl3N3. The Morgan fingerprint density at radius 3 is 2.69 bits per heavy atom. The van der Waals surface area contributed by atoms with Crippen molar-refractivity contribution in [1.82, 2.24) is 15.2 Å². The quantitative estimate of drug-likeness (QED) is 0.873. The standard InChI is InChI=1S/C10H8Cl3N3/c11-5-10-14-9(15-16-10)3-6-1-2-7(12)4-8(6)13/h1-2,4H,3,5H2,(H,14,15,16). The molecule has 1 aromatic carbocycles. The molecule has 1 heterocycles. The number of H-pyrrole nitrogens is 1. The van der Waals surface area contributed by atoms with E-state index in [0.29, 0.717) is 28.2 Å². The molecule has 0 saturated heterocycles. The second-order valence-corrected chi connectivity index (χ2v) is 4.36. The highest BCUT2D eigenvalue weighted by Gasteiger charge is 2.06. The van der Waals surface area contributed by atoms with Crippen molar-refractivity contribution in [2.24, 2.45) is 0 Å². The van der Waals surface area contributed by atoms with Crippen molar-refractivity contribution < 1.29 is 0 Å². The normalized spacial score (nSPS) is 10.7. The third-order valence-corrected chi connectivity index (χ3v) is 2.90. The molecule has 0 amide bonds. The first-order valence-corrected chi connectivity index (χ1v) is 5.88. The van der Waals surface area contributed by atoms with Crippen LogP contribution in [-0.4, -0.2) is 15.2 Å². The van der Waals surface area contributed by atoms with Gasteiger partial charge in [0.25, 0.3) is 0 Å². The van der Waals surface area contributed by atoms with E-state index in [4.69, 9.17) is 34.8 Å². The summed E-state index contributed by atoms with van der Waals surface area (Å²) in [7, 11) is 0. The molecule has 0 saturated carbocycles. The molecule has 1 N–H and O–H groups in total. The average Bonchev–Trinajstić information content (AvgIpc) is 2.70. The predicted molar refractivity (Wildman–Crippen MR) is 65.2 cm³/mol. The van der Waals surface area contributed by atoms with E-state index in [-0.39, 0.29) is 0 Å². The van der Waals surface area contributed by atoms with Gasteiger partial charge in [-0.15, -0.1) is 11.6 Å². The molecule has 0 atom stereocenters. The molecule has 84 valence electrons. The van der Waals surface area contributed by atoms with Crippen LogP contribution in [-0.2, 0) is 12.3 Å². The van der Waals surface area contributed by atoms with Gasteiger partial charge in [-0.3, -0.25) is 5.10 Å². The minimum atomic E-state index is 0.296. The van der Waals surface area contributed by atoms with Gasteiger partial charge in [-0.05, 0) is 17.7 Å².